The third-order valence-corrected chi connectivity index (χ3v) is 3.89. The van der Waals surface area contributed by atoms with E-state index in [-0.39, 0.29) is 0 Å². The van der Waals surface area contributed by atoms with Gasteiger partial charge in [-0.15, -0.1) is 0 Å². The molecule has 0 saturated heterocycles. The van der Waals surface area contributed by atoms with Gasteiger partial charge in [0.2, 0.25) is 5.95 Å². The number of benzene rings is 2. The number of nitrogens with zero attached hydrogens (tertiary/aromatic N) is 2. The Morgan fingerprint density at radius 3 is 2.28 bits per heavy atom. The first-order valence-electron chi connectivity index (χ1n) is 8.48. The van der Waals surface area contributed by atoms with Crippen molar-refractivity contribution in [3.05, 3.63) is 76.5 Å². The van der Waals surface area contributed by atoms with Crippen LogP contribution < -0.4 is 10.6 Å². The Balaban J connectivity index is 1.75. The topological polar surface area (TPSA) is 49.8 Å². The second-order valence-electron chi connectivity index (χ2n) is 6.56. The van der Waals surface area contributed by atoms with Crippen molar-refractivity contribution in [1.29, 1.82) is 0 Å². The Kier molecular flexibility index (Phi) is 4.98. The molecule has 1 aromatic heterocycles. The van der Waals surface area contributed by atoms with Crippen molar-refractivity contribution in [2.45, 2.75) is 34.2 Å². The first kappa shape index (κ1) is 17.0. The lowest BCUT2D eigenvalue weighted by atomic mass is 10.1. The molecule has 0 fully saturated rings. The molecule has 0 atom stereocenters. The normalized spacial score (nSPS) is 10.6. The van der Waals surface area contributed by atoms with Crippen molar-refractivity contribution in [3.63, 3.8) is 0 Å². The van der Waals surface area contributed by atoms with Crippen molar-refractivity contribution in [2.24, 2.45) is 0 Å². The van der Waals surface area contributed by atoms with Gasteiger partial charge >= 0.3 is 0 Å². The molecule has 0 saturated carbocycles. The Bertz CT molecular complexity index is 867. The van der Waals surface area contributed by atoms with E-state index in [0.29, 0.717) is 5.95 Å². The summed E-state index contributed by atoms with van der Waals surface area (Å²) in [5.41, 5.74) is 6.86. The molecule has 25 heavy (non-hydrogen) atoms. The molecule has 128 valence electrons. The van der Waals surface area contributed by atoms with E-state index in [1.807, 2.05) is 13.0 Å². The SMILES string of the molecule is Cc1cccc(CNc2cc(C)nc(Nc3cc(C)cc(C)c3)n2)c1. The minimum Gasteiger partial charge on any atom is -0.366 e. The molecule has 2 N–H and O–H groups in total. The summed E-state index contributed by atoms with van der Waals surface area (Å²) in [5, 5.41) is 6.70. The summed E-state index contributed by atoms with van der Waals surface area (Å²) >= 11 is 0. The van der Waals surface area contributed by atoms with Crippen LogP contribution in [0.2, 0.25) is 0 Å². The van der Waals surface area contributed by atoms with Crippen molar-refractivity contribution in [1.82, 2.24) is 9.97 Å². The molecule has 0 aliphatic heterocycles. The van der Waals surface area contributed by atoms with Gasteiger partial charge < -0.3 is 10.6 Å². The maximum Gasteiger partial charge on any atom is 0.229 e. The lowest BCUT2D eigenvalue weighted by Gasteiger charge is -2.11. The third-order valence-electron chi connectivity index (χ3n) is 3.89. The second-order valence-corrected chi connectivity index (χ2v) is 6.56. The molecule has 0 aliphatic carbocycles. The highest BCUT2D eigenvalue weighted by atomic mass is 15.1. The van der Waals surface area contributed by atoms with Crippen LogP contribution in [0.3, 0.4) is 0 Å². The van der Waals surface area contributed by atoms with Crippen LogP contribution in [0, 0.1) is 27.7 Å². The Labute approximate surface area is 149 Å². The summed E-state index contributed by atoms with van der Waals surface area (Å²) in [6, 6.07) is 16.8. The molecule has 0 amide bonds. The summed E-state index contributed by atoms with van der Waals surface area (Å²) in [6.07, 6.45) is 0. The van der Waals surface area contributed by atoms with Crippen LogP contribution in [0.4, 0.5) is 17.5 Å². The van der Waals surface area contributed by atoms with Crippen LogP contribution in [-0.4, -0.2) is 9.97 Å². The molecular weight excluding hydrogens is 308 g/mol. The van der Waals surface area contributed by atoms with Gasteiger partial charge in [-0.1, -0.05) is 35.9 Å². The van der Waals surface area contributed by atoms with Gasteiger partial charge in [-0.3, -0.25) is 0 Å². The van der Waals surface area contributed by atoms with Crippen LogP contribution in [0.25, 0.3) is 0 Å². The van der Waals surface area contributed by atoms with Crippen LogP contribution in [-0.2, 0) is 6.54 Å². The first-order chi connectivity index (χ1) is 12.0. The van der Waals surface area contributed by atoms with Gasteiger partial charge in [0, 0.05) is 24.0 Å². The summed E-state index contributed by atoms with van der Waals surface area (Å²) in [7, 11) is 0. The zero-order valence-corrected chi connectivity index (χ0v) is 15.2. The summed E-state index contributed by atoms with van der Waals surface area (Å²) < 4.78 is 0. The average molecular weight is 332 g/mol. The quantitative estimate of drug-likeness (QED) is 0.685. The van der Waals surface area contributed by atoms with Gasteiger partial charge in [0.15, 0.2) is 0 Å². The fourth-order valence-electron chi connectivity index (χ4n) is 2.91. The standard InChI is InChI=1S/C21H24N4/c1-14-6-5-7-18(9-14)13-22-20-12-17(4)23-21(25-20)24-19-10-15(2)8-16(3)11-19/h5-12H,13H2,1-4H3,(H2,22,23,24,25). The number of hydrogen-bond acceptors (Lipinski definition) is 4. The zero-order valence-electron chi connectivity index (χ0n) is 15.2. The number of nitrogens with one attached hydrogen (secondary N) is 2. The minimum absolute atomic E-state index is 0.608. The smallest absolute Gasteiger partial charge is 0.229 e. The van der Waals surface area contributed by atoms with Crippen LogP contribution in [0.15, 0.2) is 48.5 Å². The maximum absolute atomic E-state index is 4.59. The van der Waals surface area contributed by atoms with Gasteiger partial charge in [-0.05, 0) is 56.5 Å². The molecule has 4 nitrogen and oxygen atoms in total. The van der Waals surface area contributed by atoms with E-state index in [1.54, 1.807) is 0 Å². The zero-order chi connectivity index (χ0) is 17.8. The predicted molar refractivity (Wildman–Crippen MR) is 104 cm³/mol. The van der Waals surface area contributed by atoms with E-state index < -0.39 is 0 Å². The molecule has 0 bridgehead atoms. The monoisotopic (exact) mass is 332 g/mol. The van der Waals surface area contributed by atoms with Crippen molar-refractivity contribution in [2.75, 3.05) is 10.6 Å². The highest BCUT2D eigenvalue weighted by Gasteiger charge is 2.04. The molecule has 2 aromatic carbocycles. The maximum atomic E-state index is 4.59. The number of anilines is 3. The lowest BCUT2D eigenvalue weighted by Crippen LogP contribution is -2.06. The predicted octanol–water partition coefficient (Wildman–Crippen LogP) is 5.07. The van der Waals surface area contributed by atoms with E-state index in [9.17, 15) is 0 Å². The van der Waals surface area contributed by atoms with Crippen LogP contribution in [0.5, 0.6) is 0 Å². The van der Waals surface area contributed by atoms with E-state index >= 15 is 0 Å². The molecule has 0 unspecified atom stereocenters. The average Bonchev–Trinajstić information content (AvgIpc) is 2.51. The van der Waals surface area contributed by atoms with E-state index in [2.05, 4.69) is 83.8 Å². The van der Waals surface area contributed by atoms with Gasteiger partial charge in [0.1, 0.15) is 5.82 Å². The van der Waals surface area contributed by atoms with Gasteiger partial charge in [-0.25, -0.2) is 4.98 Å². The van der Waals surface area contributed by atoms with Gasteiger partial charge in [0.05, 0.1) is 0 Å². The summed E-state index contributed by atoms with van der Waals surface area (Å²) in [4.78, 5) is 9.09. The molecule has 0 aliphatic rings. The Morgan fingerprint density at radius 1 is 0.800 bits per heavy atom. The Hall–Kier alpha value is -2.88. The molecule has 4 heteroatoms. The van der Waals surface area contributed by atoms with Gasteiger partial charge in [-0.2, -0.15) is 4.98 Å². The molecule has 0 radical (unpaired) electrons. The lowest BCUT2D eigenvalue weighted by molar-refractivity contribution is 1.06. The van der Waals surface area contributed by atoms with Crippen molar-refractivity contribution < 1.29 is 0 Å². The van der Waals surface area contributed by atoms with E-state index in [4.69, 9.17) is 0 Å². The van der Waals surface area contributed by atoms with E-state index in [0.717, 1.165) is 23.7 Å². The molecule has 1 heterocycles. The first-order valence-corrected chi connectivity index (χ1v) is 8.48. The summed E-state index contributed by atoms with van der Waals surface area (Å²) in [5.74, 6) is 1.43. The van der Waals surface area contributed by atoms with E-state index in [1.165, 1.54) is 22.3 Å². The highest BCUT2D eigenvalue weighted by molar-refractivity contribution is 5.57. The second kappa shape index (κ2) is 7.34. The number of aryl methyl sites for hydroxylation is 4. The molecule has 3 aromatic rings. The number of aromatic nitrogens is 2. The van der Waals surface area contributed by atoms with Crippen molar-refractivity contribution in [3.8, 4) is 0 Å². The molecule has 3 rings (SSSR count). The Morgan fingerprint density at radius 2 is 1.56 bits per heavy atom. The largest absolute Gasteiger partial charge is 0.366 e. The van der Waals surface area contributed by atoms with Crippen LogP contribution >= 0.6 is 0 Å². The fraction of sp³-hybridized carbons (Fsp3) is 0.238. The number of hydrogen-bond donors (Lipinski definition) is 2. The van der Waals surface area contributed by atoms with Gasteiger partial charge in [0.25, 0.3) is 0 Å². The van der Waals surface area contributed by atoms with Crippen molar-refractivity contribution >= 4 is 17.5 Å². The third kappa shape index (κ3) is 4.80. The minimum atomic E-state index is 0.608. The highest BCUT2D eigenvalue weighted by Crippen LogP contribution is 2.19. The number of rotatable bonds is 5. The molecular formula is C21H24N4. The fourth-order valence-corrected chi connectivity index (χ4v) is 2.91. The summed E-state index contributed by atoms with van der Waals surface area (Å²) in [6.45, 7) is 8.99. The molecule has 0 spiro atoms. The van der Waals surface area contributed by atoms with Crippen LogP contribution in [0.1, 0.15) is 27.9 Å².